The molecule has 1 aliphatic heterocycles. The van der Waals surface area contributed by atoms with Crippen LogP contribution in [0.2, 0.25) is 5.02 Å². The molecule has 2 heterocycles. The fourth-order valence-corrected chi connectivity index (χ4v) is 3.89. The van der Waals surface area contributed by atoms with E-state index in [4.69, 9.17) is 17.3 Å². The van der Waals surface area contributed by atoms with Gasteiger partial charge in [-0.3, -0.25) is 19.0 Å². The number of primary amides is 1. The van der Waals surface area contributed by atoms with Crippen LogP contribution in [0.15, 0.2) is 48.8 Å². The summed E-state index contributed by atoms with van der Waals surface area (Å²) in [5.74, 6) is -2.56. The third-order valence-electron chi connectivity index (χ3n) is 5.41. The quantitative estimate of drug-likeness (QED) is 0.362. The molecule has 1 aliphatic rings. The summed E-state index contributed by atoms with van der Waals surface area (Å²) in [5, 5.41) is 7.93. The molecule has 4 rings (SSSR count). The summed E-state index contributed by atoms with van der Waals surface area (Å²) < 4.78 is 14.6. The first-order valence-corrected chi connectivity index (χ1v) is 11.2. The first-order valence-electron chi connectivity index (χ1n) is 10.8. The minimum Gasteiger partial charge on any atom is -0.364 e. The highest BCUT2D eigenvalue weighted by atomic mass is 35.5. The third kappa shape index (κ3) is 5.28. The van der Waals surface area contributed by atoms with E-state index in [1.54, 1.807) is 29.2 Å². The minimum absolute atomic E-state index is 0.0249. The number of benzene rings is 2. The van der Waals surface area contributed by atoms with Crippen LogP contribution in [-0.2, 0) is 0 Å². The molecule has 1 saturated heterocycles. The largest absolute Gasteiger partial charge is 0.364 e. The Morgan fingerprint density at radius 3 is 2.53 bits per heavy atom. The van der Waals surface area contributed by atoms with Crippen LogP contribution in [0.3, 0.4) is 0 Å². The van der Waals surface area contributed by atoms with Crippen LogP contribution in [0.5, 0.6) is 0 Å². The van der Waals surface area contributed by atoms with Crippen molar-refractivity contribution in [3.8, 4) is 5.69 Å². The van der Waals surface area contributed by atoms with Gasteiger partial charge in [0.15, 0.2) is 5.69 Å². The standard InChI is InChI=1S/C23H21ClFN7O4/c24-17-11-13(25)1-6-16(17)21(34)30-14-2-4-15(5-3-14)32-12-29-18(19(32)20(26)33)22(35)27-7-9-31-10-8-28-23(31)36/h1-6,11-12H,7-10H2,(H2,26,33)(H,27,35)(H,28,36)(H,30,34). The molecule has 1 aromatic heterocycles. The molecular weight excluding hydrogens is 493 g/mol. The predicted octanol–water partition coefficient (Wildman–Crippen LogP) is 1.77. The molecule has 0 unspecified atom stereocenters. The Kier molecular flexibility index (Phi) is 7.15. The number of imidazole rings is 1. The first kappa shape index (κ1) is 24.7. The normalized spacial score (nSPS) is 12.8. The van der Waals surface area contributed by atoms with Crippen molar-refractivity contribution >= 4 is 41.0 Å². The van der Waals surface area contributed by atoms with Crippen molar-refractivity contribution in [2.45, 2.75) is 0 Å². The van der Waals surface area contributed by atoms with Crippen molar-refractivity contribution < 1.29 is 23.6 Å². The summed E-state index contributed by atoms with van der Waals surface area (Å²) in [6.45, 7) is 1.57. The lowest BCUT2D eigenvalue weighted by Crippen LogP contribution is -2.37. The molecule has 0 bridgehead atoms. The Hall–Kier alpha value is -4.45. The molecule has 0 aliphatic carbocycles. The molecule has 36 heavy (non-hydrogen) atoms. The van der Waals surface area contributed by atoms with Crippen LogP contribution >= 0.6 is 11.6 Å². The first-order chi connectivity index (χ1) is 17.2. The van der Waals surface area contributed by atoms with Crippen molar-refractivity contribution in [3.63, 3.8) is 0 Å². The van der Waals surface area contributed by atoms with E-state index in [1.165, 1.54) is 17.0 Å². The number of aromatic nitrogens is 2. The summed E-state index contributed by atoms with van der Waals surface area (Å²) >= 11 is 5.93. The van der Waals surface area contributed by atoms with E-state index < -0.39 is 23.5 Å². The van der Waals surface area contributed by atoms with Crippen LogP contribution < -0.4 is 21.7 Å². The summed E-state index contributed by atoms with van der Waals surface area (Å²) in [7, 11) is 0. The van der Waals surface area contributed by atoms with Gasteiger partial charge < -0.3 is 26.6 Å². The molecular formula is C23H21ClFN7O4. The summed E-state index contributed by atoms with van der Waals surface area (Å²) in [6.07, 6.45) is 1.29. The number of hydrogen-bond acceptors (Lipinski definition) is 5. The Balaban J connectivity index is 1.46. The van der Waals surface area contributed by atoms with Crippen molar-refractivity contribution in [2.24, 2.45) is 5.73 Å². The third-order valence-corrected chi connectivity index (χ3v) is 5.72. The number of nitrogens with one attached hydrogen (secondary N) is 3. The van der Waals surface area contributed by atoms with Gasteiger partial charge in [0.05, 0.1) is 10.6 Å². The fourth-order valence-electron chi connectivity index (χ4n) is 3.64. The number of nitrogens with zero attached hydrogens (tertiary/aromatic N) is 3. The number of urea groups is 1. The summed E-state index contributed by atoms with van der Waals surface area (Å²) in [4.78, 5) is 54.4. The van der Waals surface area contributed by atoms with E-state index in [2.05, 4.69) is 20.9 Å². The SMILES string of the molecule is NC(=O)c1c(C(=O)NCCN2CCNC2=O)ncn1-c1ccc(NC(=O)c2ccc(F)cc2Cl)cc1. The molecule has 13 heteroatoms. The molecule has 0 saturated carbocycles. The molecule has 5 amide bonds. The van der Waals surface area contributed by atoms with Gasteiger partial charge in [0.25, 0.3) is 17.7 Å². The Morgan fingerprint density at radius 2 is 1.89 bits per heavy atom. The average Bonchev–Trinajstić information content (AvgIpc) is 3.46. The zero-order valence-corrected chi connectivity index (χ0v) is 19.5. The minimum atomic E-state index is -0.861. The predicted molar refractivity (Wildman–Crippen MR) is 129 cm³/mol. The second-order valence-corrected chi connectivity index (χ2v) is 8.18. The van der Waals surface area contributed by atoms with Gasteiger partial charge in [0.1, 0.15) is 17.8 Å². The van der Waals surface area contributed by atoms with Gasteiger partial charge in [-0.2, -0.15) is 0 Å². The van der Waals surface area contributed by atoms with E-state index in [1.807, 2.05) is 0 Å². The zero-order chi connectivity index (χ0) is 25.8. The summed E-state index contributed by atoms with van der Waals surface area (Å²) in [5.41, 5.74) is 6.23. The summed E-state index contributed by atoms with van der Waals surface area (Å²) in [6, 6.07) is 9.55. The number of anilines is 1. The van der Waals surface area contributed by atoms with Gasteiger partial charge in [-0.1, -0.05) is 11.6 Å². The number of carbonyl (C=O) groups is 4. The van der Waals surface area contributed by atoms with Crippen LogP contribution in [0.4, 0.5) is 14.9 Å². The second kappa shape index (κ2) is 10.4. The van der Waals surface area contributed by atoms with Gasteiger partial charge in [0, 0.05) is 37.6 Å². The van der Waals surface area contributed by atoms with E-state index in [0.717, 1.165) is 12.1 Å². The van der Waals surface area contributed by atoms with Crippen molar-refractivity contribution in [2.75, 3.05) is 31.5 Å². The molecule has 0 atom stereocenters. The molecule has 1 fully saturated rings. The molecule has 2 aromatic carbocycles. The molecule has 11 nitrogen and oxygen atoms in total. The lowest BCUT2D eigenvalue weighted by Gasteiger charge is -2.14. The Labute approximate surface area is 209 Å². The van der Waals surface area contributed by atoms with Gasteiger partial charge in [-0.15, -0.1) is 0 Å². The van der Waals surface area contributed by atoms with E-state index >= 15 is 0 Å². The molecule has 0 radical (unpaired) electrons. The highest BCUT2D eigenvalue weighted by molar-refractivity contribution is 6.34. The maximum Gasteiger partial charge on any atom is 0.317 e. The van der Waals surface area contributed by atoms with Crippen molar-refractivity contribution in [3.05, 3.63) is 76.6 Å². The van der Waals surface area contributed by atoms with E-state index in [9.17, 15) is 23.6 Å². The zero-order valence-electron chi connectivity index (χ0n) is 18.8. The van der Waals surface area contributed by atoms with Gasteiger partial charge in [-0.05, 0) is 42.5 Å². The van der Waals surface area contributed by atoms with Gasteiger partial charge in [0.2, 0.25) is 0 Å². The molecule has 0 spiro atoms. The van der Waals surface area contributed by atoms with Crippen molar-refractivity contribution in [1.29, 1.82) is 0 Å². The van der Waals surface area contributed by atoms with Crippen LogP contribution in [-0.4, -0.2) is 64.4 Å². The number of hydrogen-bond donors (Lipinski definition) is 4. The fraction of sp³-hybridized carbons (Fsp3) is 0.174. The maximum absolute atomic E-state index is 13.2. The average molecular weight is 514 g/mol. The van der Waals surface area contributed by atoms with Crippen LogP contribution in [0.1, 0.15) is 31.3 Å². The second-order valence-electron chi connectivity index (χ2n) is 7.78. The lowest BCUT2D eigenvalue weighted by atomic mass is 10.2. The molecule has 5 N–H and O–H groups in total. The number of rotatable bonds is 8. The van der Waals surface area contributed by atoms with Gasteiger partial charge >= 0.3 is 6.03 Å². The Bertz CT molecular complexity index is 1340. The number of carbonyl (C=O) groups excluding carboxylic acids is 4. The van der Waals surface area contributed by atoms with Crippen LogP contribution in [0, 0.1) is 5.82 Å². The van der Waals surface area contributed by atoms with Gasteiger partial charge in [-0.25, -0.2) is 14.2 Å². The highest BCUT2D eigenvalue weighted by Gasteiger charge is 2.24. The molecule has 3 aromatic rings. The highest BCUT2D eigenvalue weighted by Crippen LogP contribution is 2.21. The topological polar surface area (TPSA) is 151 Å². The number of halogens is 2. The smallest absolute Gasteiger partial charge is 0.317 e. The Morgan fingerprint density at radius 1 is 1.14 bits per heavy atom. The lowest BCUT2D eigenvalue weighted by molar-refractivity contribution is 0.0927. The monoisotopic (exact) mass is 513 g/mol. The number of amides is 5. The van der Waals surface area contributed by atoms with E-state index in [0.29, 0.717) is 31.0 Å². The number of nitrogens with two attached hydrogens (primary N) is 1. The van der Waals surface area contributed by atoms with E-state index in [-0.39, 0.29) is 34.5 Å². The molecule has 186 valence electrons. The maximum atomic E-state index is 13.2. The van der Waals surface area contributed by atoms with Crippen molar-refractivity contribution in [1.82, 2.24) is 25.1 Å². The van der Waals surface area contributed by atoms with Crippen LogP contribution in [0.25, 0.3) is 5.69 Å².